The summed E-state index contributed by atoms with van der Waals surface area (Å²) in [7, 11) is 3.63. The Morgan fingerprint density at radius 1 is 1.12 bits per heavy atom. The lowest BCUT2D eigenvalue weighted by molar-refractivity contribution is 0.136. The molecule has 5 rings (SSSR count). The van der Waals surface area contributed by atoms with Gasteiger partial charge in [0.1, 0.15) is 11.5 Å². The normalized spacial score (nSPS) is 18.0. The van der Waals surface area contributed by atoms with E-state index in [-0.39, 0.29) is 12.1 Å². The molecule has 9 nitrogen and oxygen atoms in total. The maximum atomic E-state index is 13.4. The number of methoxy groups -OCH3 is 1. The van der Waals surface area contributed by atoms with Crippen LogP contribution in [0, 0.1) is 12.8 Å². The zero-order valence-corrected chi connectivity index (χ0v) is 24.5. The van der Waals surface area contributed by atoms with Crippen molar-refractivity contribution in [2.45, 2.75) is 45.2 Å². The average Bonchev–Trinajstić information content (AvgIpc) is 3.69. The van der Waals surface area contributed by atoms with Crippen LogP contribution in [-0.2, 0) is 18.2 Å². The summed E-state index contributed by atoms with van der Waals surface area (Å²) in [5.74, 6) is 0.998. The molecule has 0 aliphatic carbocycles. The second kappa shape index (κ2) is 13.1. The predicted molar refractivity (Wildman–Crippen MR) is 162 cm³/mol. The fourth-order valence-corrected chi connectivity index (χ4v) is 5.83. The molecule has 2 N–H and O–H groups in total. The quantitative estimate of drug-likeness (QED) is 0.270. The number of amides is 2. The van der Waals surface area contributed by atoms with Crippen LogP contribution < -0.4 is 10.6 Å². The number of hydrogen-bond acceptors (Lipinski definition) is 5. The molecule has 1 fully saturated rings. The molecule has 41 heavy (non-hydrogen) atoms. The number of aromatic nitrogens is 4. The van der Waals surface area contributed by atoms with Gasteiger partial charge in [-0.1, -0.05) is 48.5 Å². The minimum atomic E-state index is -0.230. The van der Waals surface area contributed by atoms with Crippen LogP contribution in [0.2, 0.25) is 0 Å². The minimum absolute atomic E-state index is 0.00738. The Morgan fingerprint density at radius 2 is 1.85 bits per heavy atom. The Morgan fingerprint density at radius 3 is 2.54 bits per heavy atom. The lowest BCUT2D eigenvalue weighted by Crippen LogP contribution is -2.42. The fraction of sp³-hybridized carbons (Fsp3) is 0.406. The summed E-state index contributed by atoms with van der Waals surface area (Å²) in [6.45, 7) is 6.64. The summed E-state index contributed by atoms with van der Waals surface area (Å²) in [4.78, 5) is 15.9. The Balaban J connectivity index is 1.28. The maximum absolute atomic E-state index is 13.4. The van der Waals surface area contributed by atoms with Crippen molar-refractivity contribution in [1.82, 2.24) is 29.8 Å². The van der Waals surface area contributed by atoms with Crippen LogP contribution in [0.1, 0.15) is 30.9 Å². The van der Waals surface area contributed by atoms with Gasteiger partial charge in [-0.05, 0) is 56.7 Å². The largest absolute Gasteiger partial charge is 0.383 e. The third-order valence-corrected chi connectivity index (χ3v) is 8.15. The third-order valence-electron chi connectivity index (χ3n) is 8.15. The first-order chi connectivity index (χ1) is 19.9. The zero-order chi connectivity index (χ0) is 28.8. The first-order valence-electron chi connectivity index (χ1n) is 14.4. The summed E-state index contributed by atoms with van der Waals surface area (Å²) in [5, 5.41) is 15.5. The van der Waals surface area contributed by atoms with Crippen molar-refractivity contribution in [1.29, 1.82) is 0 Å². The van der Waals surface area contributed by atoms with E-state index in [1.54, 1.807) is 22.7 Å². The van der Waals surface area contributed by atoms with Crippen LogP contribution in [0.25, 0.3) is 16.9 Å². The molecule has 0 saturated carbocycles. The number of carbonyl (C=O) groups is 1. The van der Waals surface area contributed by atoms with Crippen molar-refractivity contribution in [3.05, 3.63) is 84.2 Å². The Bertz CT molecular complexity index is 1420. The number of aryl methyl sites for hydroxylation is 2. The van der Waals surface area contributed by atoms with E-state index in [9.17, 15) is 4.79 Å². The molecule has 0 bridgehead atoms. The van der Waals surface area contributed by atoms with E-state index in [1.165, 1.54) is 5.56 Å². The van der Waals surface area contributed by atoms with E-state index in [4.69, 9.17) is 9.84 Å². The van der Waals surface area contributed by atoms with Crippen LogP contribution in [0.15, 0.2) is 73.1 Å². The molecular formula is C32H41N7O2. The van der Waals surface area contributed by atoms with E-state index in [0.717, 1.165) is 54.9 Å². The molecule has 1 aliphatic rings. The standard InChI is InChI=1S/C32H41N7O2/c1-23-30(27-20-33-37(3)21-27)36-39(28-13-9-6-10-14-28)31(23)35-32(40)34-24(2)26-19-29(38(22-26)17-18-41-4)16-15-25-11-7-5-8-12-25/h5-14,20-21,24,26,29H,15-19,22H2,1-4H3,(H2,34,35,40)/t24?,26?,29-/m1/s1. The number of likely N-dealkylation sites (tertiary alicyclic amines) is 1. The van der Waals surface area contributed by atoms with Gasteiger partial charge in [0.15, 0.2) is 0 Å². The summed E-state index contributed by atoms with van der Waals surface area (Å²) in [6, 6.07) is 20.8. The molecule has 1 saturated heterocycles. The van der Waals surface area contributed by atoms with Crippen molar-refractivity contribution >= 4 is 11.8 Å². The van der Waals surface area contributed by atoms with Gasteiger partial charge in [-0.15, -0.1) is 0 Å². The SMILES string of the molecule is COCCN1CC(C(C)NC(=O)Nc2c(C)c(-c3cnn(C)c3)nn2-c2ccccc2)C[C@H]1CCc1ccccc1. The third kappa shape index (κ3) is 6.86. The topological polar surface area (TPSA) is 89.2 Å². The molecule has 216 valence electrons. The van der Waals surface area contributed by atoms with E-state index in [2.05, 4.69) is 57.9 Å². The van der Waals surface area contributed by atoms with Gasteiger partial charge in [0.2, 0.25) is 0 Å². The number of carbonyl (C=O) groups excluding carboxylic acids is 1. The summed E-state index contributed by atoms with van der Waals surface area (Å²) in [5.41, 5.74) is 4.82. The number of nitrogens with one attached hydrogen (secondary N) is 2. The number of para-hydroxylation sites is 1. The number of hydrogen-bond donors (Lipinski definition) is 2. The molecule has 9 heteroatoms. The maximum Gasteiger partial charge on any atom is 0.320 e. The van der Waals surface area contributed by atoms with Gasteiger partial charge < -0.3 is 10.1 Å². The number of anilines is 1. The van der Waals surface area contributed by atoms with Crippen molar-refractivity contribution in [2.75, 3.05) is 32.1 Å². The van der Waals surface area contributed by atoms with E-state index in [0.29, 0.717) is 24.4 Å². The molecule has 0 radical (unpaired) electrons. The van der Waals surface area contributed by atoms with E-state index < -0.39 is 0 Å². The van der Waals surface area contributed by atoms with Crippen molar-refractivity contribution < 1.29 is 9.53 Å². The first kappa shape index (κ1) is 28.6. The van der Waals surface area contributed by atoms with E-state index >= 15 is 0 Å². The van der Waals surface area contributed by atoms with Gasteiger partial charge in [0.05, 0.1) is 18.5 Å². The molecule has 3 heterocycles. The highest BCUT2D eigenvalue weighted by atomic mass is 16.5. The number of urea groups is 1. The smallest absolute Gasteiger partial charge is 0.320 e. The summed E-state index contributed by atoms with van der Waals surface area (Å²) < 4.78 is 8.95. The van der Waals surface area contributed by atoms with E-state index in [1.807, 2.05) is 50.5 Å². The Hall–Kier alpha value is -3.95. The highest BCUT2D eigenvalue weighted by molar-refractivity contribution is 5.91. The molecule has 2 aromatic heterocycles. The van der Waals surface area contributed by atoms with Crippen LogP contribution in [0.3, 0.4) is 0 Å². The number of ether oxygens (including phenoxy) is 1. The van der Waals surface area contributed by atoms with Crippen LogP contribution in [0.5, 0.6) is 0 Å². The van der Waals surface area contributed by atoms with Gasteiger partial charge >= 0.3 is 6.03 Å². The molecule has 0 spiro atoms. The Labute approximate surface area is 242 Å². The van der Waals surface area contributed by atoms with Crippen LogP contribution in [-0.4, -0.2) is 69.4 Å². The highest BCUT2D eigenvalue weighted by Gasteiger charge is 2.35. The average molecular weight is 556 g/mol. The summed E-state index contributed by atoms with van der Waals surface area (Å²) in [6.07, 6.45) is 6.91. The first-order valence-corrected chi connectivity index (χ1v) is 14.4. The molecule has 3 atom stereocenters. The van der Waals surface area contributed by atoms with Crippen LogP contribution >= 0.6 is 0 Å². The lowest BCUT2D eigenvalue weighted by Gasteiger charge is -2.24. The second-order valence-electron chi connectivity index (χ2n) is 11.0. The van der Waals surface area contributed by atoms with Crippen molar-refractivity contribution in [3.8, 4) is 16.9 Å². The fourth-order valence-electron chi connectivity index (χ4n) is 5.83. The van der Waals surface area contributed by atoms with Gasteiger partial charge in [-0.2, -0.15) is 10.2 Å². The van der Waals surface area contributed by atoms with Gasteiger partial charge in [-0.3, -0.25) is 14.9 Å². The zero-order valence-electron chi connectivity index (χ0n) is 24.5. The predicted octanol–water partition coefficient (Wildman–Crippen LogP) is 5.06. The number of nitrogens with zero attached hydrogens (tertiary/aromatic N) is 5. The molecular weight excluding hydrogens is 514 g/mol. The molecule has 2 amide bonds. The summed E-state index contributed by atoms with van der Waals surface area (Å²) >= 11 is 0. The van der Waals surface area contributed by atoms with Crippen LogP contribution in [0.4, 0.5) is 10.6 Å². The highest BCUT2D eigenvalue weighted by Crippen LogP contribution is 2.31. The molecule has 1 aliphatic heterocycles. The Kier molecular flexibility index (Phi) is 9.16. The minimum Gasteiger partial charge on any atom is -0.383 e. The monoisotopic (exact) mass is 555 g/mol. The van der Waals surface area contributed by atoms with Gasteiger partial charge in [-0.25, -0.2) is 9.48 Å². The van der Waals surface area contributed by atoms with Gasteiger partial charge in [0.25, 0.3) is 0 Å². The molecule has 4 aromatic rings. The number of benzene rings is 2. The van der Waals surface area contributed by atoms with Gasteiger partial charge in [0, 0.05) is 56.7 Å². The lowest BCUT2D eigenvalue weighted by atomic mass is 9.95. The van der Waals surface area contributed by atoms with Crippen molar-refractivity contribution in [3.63, 3.8) is 0 Å². The molecule has 2 aromatic carbocycles. The van der Waals surface area contributed by atoms with Crippen molar-refractivity contribution in [2.24, 2.45) is 13.0 Å². The second-order valence-corrected chi connectivity index (χ2v) is 11.0. The number of rotatable bonds is 11. The molecule has 2 unspecified atom stereocenters.